The normalized spacial score (nSPS) is 11.0. The average Bonchev–Trinajstić information content (AvgIpc) is 2.84. The number of nitrogens with one attached hydrogen (secondary N) is 1. The van der Waals surface area contributed by atoms with Gasteiger partial charge in [0.25, 0.3) is 17.4 Å². The van der Waals surface area contributed by atoms with Crippen molar-refractivity contribution in [3.05, 3.63) is 68.9 Å². The number of benzene rings is 1. The molecule has 0 aliphatic heterocycles. The third kappa shape index (κ3) is 5.32. The number of aromatic hydroxyl groups is 1. The van der Waals surface area contributed by atoms with Crippen LogP contribution >= 0.6 is 0 Å². The van der Waals surface area contributed by atoms with Gasteiger partial charge in [0, 0.05) is 45.6 Å². The highest BCUT2D eigenvalue weighted by molar-refractivity contribution is 6.01. The van der Waals surface area contributed by atoms with E-state index < -0.39 is 28.6 Å². The Morgan fingerprint density at radius 3 is 2.60 bits per heavy atom. The number of methoxy groups -OCH3 is 1. The molecule has 0 unspecified atom stereocenters. The van der Waals surface area contributed by atoms with Crippen LogP contribution in [-0.2, 0) is 18.2 Å². The van der Waals surface area contributed by atoms with Crippen molar-refractivity contribution in [2.24, 2.45) is 7.05 Å². The van der Waals surface area contributed by atoms with Crippen molar-refractivity contribution in [1.82, 2.24) is 19.8 Å². The van der Waals surface area contributed by atoms with Crippen molar-refractivity contribution in [3.8, 4) is 5.75 Å². The number of carbonyl (C=O) groups is 2. The van der Waals surface area contributed by atoms with E-state index in [0.717, 1.165) is 0 Å². The Bertz CT molecular complexity index is 1320. The second-order valence-electron chi connectivity index (χ2n) is 8.00. The van der Waals surface area contributed by atoms with Gasteiger partial charge in [0.15, 0.2) is 5.75 Å². The zero-order valence-corrected chi connectivity index (χ0v) is 20.2. The van der Waals surface area contributed by atoms with Gasteiger partial charge in [-0.1, -0.05) is 6.07 Å². The maximum Gasteiger partial charge on any atom is 0.267 e. The van der Waals surface area contributed by atoms with Crippen molar-refractivity contribution < 1.29 is 23.8 Å². The molecule has 0 bridgehead atoms. The minimum absolute atomic E-state index is 0.0892. The van der Waals surface area contributed by atoms with Gasteiger partial charge in [-0.25, -0.2) is 4.39 Å². The number of amides is 2. The first-order chi connectivity index (χ1) is 16.7. The molecule has 0 aliphatic carbocycles. The quantitative estimate of drug-likeness (QED) is 0.451. The van der Waals surface area contributed by atoms with Crippen LogP contribution in [0.4, 0.5) is 4.39 Å². The van der Waals surface area contributed by atoms with Gasteiger partial charge in [0.2, 0.25) is 0 Å². The van der Waals surface area contributed by atoms with Gasteiger partial charge in [-0.3, -0.25) is 19.4 Å². The summed E-state index contributed by atoms with van der Waals surface area (Å²) in [5, 5.41) is 13.2. The smallest absolute Gasteiger partial charge is 0.267 e. The number of ether oxygens (including phenoxy) is 1. The van der Waals surface area contributed by atoms with E-state index in [1.165, 1.54) is 37.1 Å². The fraction of sp³-hybridized carbons (Fsp3) is 0.360. The molecule has 1 aromatic carbocycles. The lowest BCUT2D eigenvalue weighted by Crippen LogP contribution is -2.34. The molecule has 3 rings (SSSR count). The first-order valence-corrected chi connectivity index (χ1v) is 11.3. The fourth-order valence-corrected chi connectivity index (χ4v) is 3.89. The van der Waals surface area contributed by atoms with Crippen LogP contribution in [0, 0.1) is 5.82 Å². The molecule has 0 atom stereocenters. The second kappa shape index (κ2) is 11.1. The largest absolute Gasteiger partial charge is 0.505 e. The molecule has 3 aromatic rings. The zero-order valence-electron chi connectivity index (χ0n) is 20.2. The molecule has 9 nitrogen and oxygen atoms in total. The number of pyridine rings is 2. The number of nitrogens with zero attached hydrogens (tertiary/aromatic N) is 3. The molecule has 0 spiro atoms. The maximum absolute atomic E-state index is 14.0. The molecule has 0 radical (unpaired) electrons. The Morgan fingerprint density at radius 1 is 1.23 bits per heavy atom. The minimum atomic E-state index is -0.723. The Labute approximate surface area is 202 Å². The van der Waals surface area contributed by atoms with Crippen molar-refractivity contribution >= 4 is 22.8 Å². The lowest BCUT2D eigenvalue weighted by atomic mass is 9.99. The molecule has 35 heavy (non-hydrogen) atoms. The number of aromatic nitrogens is 2. The summed E-state index contributed by atoms with van der Waals surface area (Å²) in [5.74, 6) is -2.01. The van der Waals surface area contributed by atoms with E-state index in [4.69, 9.17) is 4.74 Å². The Hall–Kier alpha value is -3.79. The topological polar surface area (TPSA) is 114 Å². The third-order valence-corrected chi connectivity index (χ3v) is 5.83. The number of hydrogen-bond donors (Lipinski definition) is 2. The number of carbonyl (C=O) groups excluding carboxylic acids is 2. The molecule has 0 aliphatic rings. The molecule has 0 fully saturated rings. The molecular formula is C25H29FN4O5. The molecule has 0 saturated carbocycles. The summed E-state index contributed by atoms with van der Waals surface area (Å²) in [5.41, 5.74) is 0.833. The minimum Gasteiger partial charge on any atom is -0.505 e. The summed E-state index contributed by atoms with van der Waals surface area (Å²) in [6.45, 7) is 5.12. The molecular weight excluding hydrogens is 455 g/mol. The van der Waals surface area contributed by atoms with E-state index in [-0.39, 0.29) is 36.6 Å². The van der Waals surface area contributed by atoms with Crippen molar-refractivity contribution in [3.63, 3.8) is 0 Å². The van der Waals surface area contributed by atoms with E-state index in [1.54, 1.807) is 17.0 Å². The Kier molecular flexibility index (Phi) is 8.18. The summed E-state index contributed by atoms with van der Waals surface area (Å²) in [7, 11) is 2.96. The van der Waals surface area contributed by atoms with Gasteiger partial charge in [0.1, 0.15) is 16.9 Å². The molecule has 2 amide bonds. The highest BCUT2D eigenvalue weighted by atomic mass is 19.1. The molecule has 2 aromatic heterocycles. The van der Waals surface area contributed by atoms with Crippen molar-refractivity contribution in [2.45, 2.75) is 20.3 Å². The highest BCUT2D eigenvalue weighted by Gasteiger charge is 2.23. The summed E-state index contributed by atoms with van der Waals surface area (Å²) < 4.78 is 20.1. The van der Waals surface area contributed by atoms with E-state index in [9.17, 15) is 23.9 Å². The number of halogens is 1. The predicted octanol–water partition coefficient (Wildman–Crippen LogP) is 2.23. The van der Waals surface area contributed by atoms with Gasteiger partial charge in [0.05, 0.1) is 12.1 Å². The fourth-order valence-electron chi connectivity index (χ4n) is 3.89. The van der Waals surface area contributed by atoms with Gasteiger partial charge in [-0.15, -0.1) is 0 Å². The standard InChI is InChI=1S/C25H29FN4O5/c1-5-30(6-2)24(33)18-13-17(26)8-7-16(18)11-15-12-19-21(28-14-15)22(31)20(25(34)29(19)3)23(32)27-9-10-35-4/h7-8,12-14,31H,5-6,9-11H2,1-4H3,(H,27,32). The van der Waals surface area contributed by atoms with Crippen LogP contribution < -0.4 is 10.9 Å². The number of fused-ring (bicyclic) bond motifs is 1. The SMILES string of the molecule is CCN(CC)C(=O)c1cc(F)ccc1Cc1cnc2c(O)c(C(=O)NCCOC)c(=O)n(C)c2c1. The lowest BCUT2D eigenvalue weighted by Gasteiger charge is -2.20. The lowest BCUT2D eigenvalue weighted by molar-refractivity contribution is 0.0771. The van der Waals surface area contributed by atoms with E-state index in [0.29, 0.717) is 29.7 Å². The molecule has 2 heterocycles. The molecule has 186 valence electrons. The number of aryl methyl sites for hydroxylation is 1. The van der Waals surface area contributed by atoms with Crippen LogP contribution in [0.1, 0.15) is 45.7 Å². The Morgan fingerprint density at radius 2 is 1.94 bits per heavy atom. The van der Waals surface area contributed by atoms with Crippen LogP contribution in [0.25, 0.3) is 11.0 Å². The van der Waals surface area contributed by atoms with Gasteiger partial charge < -0.3 is 24.6 Å². The van der Waals surface area contributed by atoms with E-state index in [1.807, 2.05) is 13.8 Å². The van der Waals surface area contributed by atoms with E-state index in [2.05, 4.69) is 10.3 Å². The highest BCUT2D eigenvalue weighted by Crippen LogP contribution is 2.26. The van der Waals surface area contributed by atoms with E-state index >= 15 is 0 Å². The predicted molar refractivity (Wildman–Crippen MR) is 129 cm³/mol. The summed E-state index contributed by atoms with van der Waals surface area (Å²) in [6, 6.07) is 5.73. The van der Waals surface area contributed by atoms with Gasteiger partial charge >= 0.3 is 0 Å². The maximum atomic E-state index is 14.0. The van der Waals surface area contributed by atoms with Crippen LogP contribution in [0.15, 0.2) is 35.3 Å². The van der Waals surface area contributed by atoms with Crippen LogP contribution in [0.3, 0.4) is 0 Å². The zero-order chi connectivity index (χ0) is 25.7. The van der Waals surface area contributed by atoms with Crippen LogP contribution in [-0.4, -0.2) is 64.7 Å². The van der Waals surface area contributed by atoms with Crippen LogP contribution in [0.5, 0.6) is 5.75 Å². The summed E-state index contributed by atoms with van der Waals surface area (Å²) >= 11 is 0. The monoisotopic (exact) mass is 484 g/mol. The first-order valence-electron chi connectivity index (χ1n) is 11.3. The Balaban J connectivity index is 2.02. The third-order valence-electron chi connectivity index (χ3n) is 5.83. The average molecular weight is 485 g/mol. The number of hydrogen-bond acceptors (Lipinski definition) is 6. The number of rotatable bonds is 9. The molecule has 0 saturated heterocycles. The molecule has 10 heteroatoms. The second-order valence-corrected chi connectivity index (χ2v) is 8.00. The van der Waals surface area contributed by atoms with Gasteiger partial charge in [-0.2, -0.15) is 0 Å². The first kappa shape index (κ1) is 25.8. The van der Waals surface area contributed by atoms with Crippen molar-refractivity contribution in [2.75, 3.05) is 33.4 Å². The molecule has 2 N–H and O–H groups in total. The van der Waals surface area contributed by atoms with Crippen LogP contribution in [0.2, 0.25) is 0 Å². The van der Waals surface area contributed by atoms with Gasteiger partial charge in [-0.05, 0) is 49.6 Å². The summed E-state index contributed by atoms with van der Waals surface area (Å²) in [4.78, 5) is 44.2. The van der Waals surface area contributed by atoms with Crippen molar-refractivity contribution in [1.29, 1.82) is 0 Å². The summed E-state index contributed by atoms with van der Waals surface area (Å²) in [6.07, 6.45) is 1.74.